The van der Waals surface area contributed by atoms with E-state index in [1.165, 1.54) is 12.8 Å². The molecule has 4 bridgehead atoms. The Balaban J connectivity index is 1.18. The van der Waals surface area contributed by atoms with Gasteiger partial charge in [0.2, 0.25) is 11.8 Å². The molecule has 1 aromatic carbocycles. The molecule has 6 rings (SSSR count). The standard InChI is InChI=1S/C38H57FN2O6/c1-25-16-11-9-7-5-6-8-10-12-17-32(42)40-19-15-20-41-33(43)18-13-14-21-44-34-22-30-35-31(46-34)24-38(35,47-30)23-29-27(3)26(2)28(4)36(39)37(29)45-25/h30-31,34-35H,1,5-24H2,2-4H3,(H,40,42)(H,41,43)/t30?,31?,34?,35-,38?/m1/s1. The topological polar surface area (TPSA) is 95.1 Å². The highest BCUT2D eigenvalue weighted by Crippen LogP contribution is 2.61. The summed E-state index contributed by atoms with van der Waals surface area (Å²) in [5.41, 5.74) is 3.17. The molecular weight excluding hydrogens is 599 g/mol. The first-order chi connectivity index (χ1) is 22.7. The summed E-state index contributed by atoms with van der Waals surface area (Å²) in [6, 6.07) is 0. The molecule has 8 nitrogen and oxygen atoms in total. The fourth-order valence-electron chi connectivity index (χ4n) is 7.85. The molecule has 1 aromatic rings. The molecule has 9 heteroatoms. The van der Waals surface area contributed by atoms with Crippen molar-refractivity contribution < 1.29 is 32.9 Å². The number of amides is 2. The van der Waals surface area contributed by atoms with Crippen LogP contribution in [-0.2, 0) is 30.2 Å². The first kappa shape index (κ1) is 35.8. The van der Waals surface area contributed by atoms with Gasteiger partial charge in [0.15, 0.2) is 17.9 Å². The molecule has 1 saturated carbocycles. The predicted molar refractivity (Wildman–Crippen MR) is 180 cm³/mol. The van der Waals surface area contributed by atoms with Gasteiger partial charge in [-0.2, -0.15) is 0 Å². The van der Waals surface area contributed by atoms with Crippen molar-refractivity contribution >= 4 is 11.8 Å². The lowest BCUT2D eigenvalue weighted by Crippen LogP contribution is -2.78. The van der Waals surface area contributed by atoms with Crippen LogP contribution in [0.5, 0.6) is 5.75 Å². The summed E-state index contributed by atoms with van der Waals surface area (Å²) >= 11 is 0. The van der Waals surface area contributed by atoms with Crippen LogP contribution < -0.4 is 15.4 Å². The molecule has 4 unspecified atom stereocenters. The normalized spacial score (nSPS) is 31.0. The average molecular weight is 657 g/mol. The Hall–Kier alpha value is -2.49. The van der Waals surface area contributed by atoms with Crippen LogP contribution in [0.4, 0.5) is 4.39 Å². The quantitative estimate of drug-likeness (QED) is 0.307. The van der Waals surface area contributed by atoms with Crippen molar-refractivity contribution in [3.8, 4) is 5.75 Å². The van der Waals surface area contributed by atoms with Gasteiger partial charge in [-0.15, -0.1) is 0 Å². The summed E-state index contributed by atoms with van der Waals surface area (Å²) in [7, 11) is 0. The number of hydrogen-bond donors (Lipinski definition) is 2. The Labute approximate surface area is 280 Å². The Morgan fingerprint density at radius 1 is 0.766 bits per heavy atom. The third-order valence-electron chi connectivity index (χ3n) is 10.9. The second kappa shape index (κ2) is 16.8. The molecule has 2 N–H and O–H groups in total. The smallest absolute Gasteiger partial charge is 0.219 e. The van der Waals surface area contributed by atoms with Gasteiger partial charge in [0.1, 0.15) is 0 Å². The number of halogens is 1. The van der Waals surface area contributed by atoms with Gasteiger partial charge >= 0.3 is 0 Å². The SMILES string of the molecule is C=C1CCCCCCCCCCC(=O)NCCCNC(=O)CCCCOC2CC3OC4(Cc5c(C)c(C)c(C)c(F)c5O1)CC(O2)[C@@H]34. The Morgan fingerprint density at radius 2 is 1.38 bits per heavy atom. The molecule has 3 fully saturated rings. The minimum absolute atomic E-state index is 0.0320. The lowest BCUT2D eigenvalue weighted by atomic mass is 9.55. The largest absolute Gasteiger partial charge is 0.459 e. The molecule has 47 heavy (non-hydrogen) atoms. The summed E-state index contributed by atoms with van der Waals surface area (Å²) in [5, 5.41) is 5.91. The number of nitrogens with one attached hydrogen (secondary N) is 2. The van der Waals surface area contributed by atoms with Crippen LogP contribution in [0.3, 0.4) is 0 Å². The summed E-state index contributed by atoms with van der Waals surface area (Å²) in [6.07, 6.45) is 14.5. The van der Waals surface area contributed by atoms with Gasteiger partial charge in [0, 0.05) is 69.7 Å². The molecule has 0 radical (unpaired) electrons. The molecule has 4 aliphatic heterocycles. The molecule has 1 spiro atoms. The molecule has 1 aliphatic carbocycles. The van der Waals surface area contributed by atoms with Crippen molar-refractivity contribution in [1.29, 1.82) is 0 Å². The van der Waals surface area contributed by atoms with Gasteiger partial charge in [-0.1, -0.05) is 45.1 Å². The zero-order chi connectivity index (χ0) is 33.4. The maximum atomic E-state index is 15.8. The van der Waals surface area contributed by atoms with Crippen LogP contribution in [0.2, 0.25) is 0 Å². The Bertz CT molecular complexity index is 1250. The fourth-order valence-corrected chi connectivity index (χ4v) is 7.85. The number of ether oxygens (including phenoxy) is 4. The van der Waals surface area contributed by atoms with Crippen LogP contribution in [-0.4, -0.2) is 55.6 Å². The van der Waals surface area contributed by atoms with Crippen LogP contribution in [0, 0.1) is 32.5 Å². The van der Waals surface area contributed by atoms with Crippen LogP contribution in [0.1, 0.15) is 125 Å². The number of carbonyl (C=O) groups is 2. The zero-order valence-corrected chi connectivity index (χ0v) is 29.0. The van der Waals surface area contributed by atoms with Crippen molar-refractivity contribution in [2.24, 2.45) is 5.92 Å². The van der Waals surface area contributed by atoms with Gasteiger partial charge in [0.25, 0.3) is 0 Å². The lowest BCUT2D eigenvalue weighted by molar-refractivity contribution is -0.416. The van der Waals surface area contributed by atoms with Crippen LogP contribution in [0.15, 0.2) is 12.3 Å². The number of fused-ring (bicyclic) bond motifs is 23. The number of rotatable bonds is 0. The minimum atomic E-state index is -0.351. The van der Waals surface area contributed by atoms with E-state index in [2.05, 4.69) is 24.1 Å². The van der Waals surface area contributed by atoms with E-state index in [1.807, 2.05) is 13.8 Å². The Morgan fingerprint density at radius 3 is 2.04 bits per heavy atom. The monoisotopic (exact) mass is 656 g/mol. The molecule has 5 aliphatic rings. The summed E-state index contributed by atoms with van der Waals surface area (Å²) in [4.78, 5) is 24.3. The zero-order valence-electron chi connectivity index (χ0n) is 29.0. The van der Waals surface area contributed by atoms with E-state index < -0.39 is 0 Å². The van der Waals surface area contributed by atoms with Gasteiger partial charge < -0.3 is 29.6 Å². The summed E-state index contributed by atoms with van der Waals surface area (Å²) < 4.78 is 41.0. The van der Waals surface area contributed by atoms with E-state index in [9.17, 15) is 9.59 Å². The number of allylic oxidation sites excluding steroid dienone is 1. The van der Waals surface area contributed by atoms with E-state index >= 15 is 4.39 Å². The molecule has 2 amide bonds. The Kier molecular flexibility index (Phi) is 12.8. The van der Waals surface area contributed by atoms with Gasteiger partial charge in [-0.05, 0) is 69.6 Å². The molecule has 4 heterocycles. The molecular formula is C38H57FN2O6. The van der Waals surface area contributed by atoms with E-state index in [1.54, 1.807) is 0 Å². The lowest BCUT2D eigenvalue weighted by Gasteiger charge is -2.69. The highest BCUT2D eigenvalue weighted by molar-refractivity contribution is 5.76. The fraction of sp³-hybridized carbons (Fsp3) is 0.737. The van der Waals surface area contributed by atoms with Gasteiger partial charge in [0.05, 0.1) is 23.6 Å². The second-order valence-corrected chi connectivity index (χ2v) is 14.3. The van der Waals surface area contributed by atoms with E-state index in [0.717, 1.165) is 80.9 Å². The van der Waals surface area contributed by atoms with E-state index in [4.69, 9.17) is 18.9 Å². The first-order valence-corrected chi connectivity index (χ1v) is 18.3. The first-order valence-electron chi connectivity index (χ1n) is 18.3. The highest BCUT2D eigenvalue weighted by atomic mass is 19.1. The number of carbonyl (C=O) groups excluding carboxylic acids is 2. The summed E-state index contributed by atoms with van der Waals surface area (Å²) in [6.45, 7) is 11.7. The third kappa shape index (κ3) is 8.95. The number of hydrogen-bond acceptors (Lipinski definition) is 6. The molecule has 0 aromatic heterocycles. The van der Waals surface area contributed by atoms with E-state index in [-0.39, 0.29) is 47.6 Å². The molecule has 2 saturated heterocycles. The van der Waals surface area contributed by atoms with Crippen molar-refractivity contribution in [1.82, 2.24) is 10.6 Å². The highest BCUT2D eigenvalue weighted by Gasteiger charge is 2.70. The summed E-state index contributed by atoms with van der Waals surface area (Å²) in [5.74, 6) is 1.01. The predicted octanol–water partition coefficient (Wildman–Crippen LogP) is 7.18. The molecule has 262 valence electrons. The maximum absolute atomic E-state index is 15.8. The average Bonchev–Trinajstić information content (AvgIpc) is 3.02. The van der Waals surface area contributed by atoms with Crippen LogP contribution in [0.25, 0.3) is 0 Å². The second-order valence-electron chi connectivity index (χ2n) is 14.3. The van der Waals surface area contributed by atoms with E-state index in [0.29, 0.717) is 68.9 Å². The third-order valence-corrected chi connectivity index (χ3v) is 10.9. The van der Waals surface area contributed by atoms with Crippen molar-refractivity contribution in [3.63, 3.8) is 0 Å². The maximum Gasteiger partial charge on any atom is 0.219 e. The van der Waals surface area contributed by atoms with Crippen molar-refractivity contribution in [2.75, 3.05) is 19.7 Å². The minimum Gasteiger partial charge on any atom is -0.459 e. The number of benzene rings is 1. The van der Waals surface area contributed by atoms with Crippen LogP contribution >= 0.6 is 0 Å². The van der Waals surface area contributed by atoms with Crippen molar-refractivity contribution in [3.05, 3.63) is 40.4 Å². The molecule has 5 atom stereocenters. The van der Waals surface area contributed by atoms with Gasteiger partial charge in [-0.25, -0.2) is 4.39 Å². The van der Waals surface area contributed by atoms with Gasteiger partial charge in [-0.3, -0.25) is 9.59 Å². The van der Waals surface area contributed by atoms with Crippen molar-refractivity contribution in [2.45, 2.75) is 154 Å².